The number of fused-ring (bicyclic) bond motifs is 3. The smallest absolute Gasteiger partial charge is 0.417 e. The monoisotopic (exact) mass is 476 g/mol. The molecule has 4 rings (SSSR count). The number of methoxy groups -OCH3 is 3. The highest BCUT2D eigenvalue weighted by molar-refractivity contribution is 5.89. The molecule has 2 N–H and O–H groups in total. The van der Waals surface area contributed by atoms with Crippen molar-refractivity contribution in [2.45, 2.75) is 25.8 Å². The summed E-state index contributed by atoms with van der Waals surface area (Å²) in [4.78, 5) is 24.5. The molecular weight excluding hydrogens is 448 g/mol. The Labute approximate surface area is 204 Å². The maximum absolute atomic E-state index is 12.5. The number of para-hydroxylation sites is 1. The number of ether oxygens (including phenoxy) is 4. The van der Waals surface area contributed by atoms with Crippen molar-refractivity contribution in [3.8, 4) is 34.1 Å². The number of benzene rings is 3. The minimum absolute atomic E-state index is 0.143. The standard InChI is InChI=1S/C27H28N2O6/c1-16(30)28-22-13-10-17-14-23(32-2)25(33-3)26(34-4)24(17)20-12-11-18(15-21(20)22)29-27(31)35-19-8-6-5-7-9-19/h5-9,11-12,14-15,22H,10,13H2,1-4H3,(H,28,30)(H,29,31)/t22-/m0/s1. The summed E-state index contributed by atoms with van der Waals surface area (Å²) in [6, 6.07) is 16.0. The van der Waals surface area contributed by atoms with Gasteiger partial charge in [-0.15, -0.1) is 0 Å². The van der Waals surface area contributed by atoms with Gasteiger partial charge in [-0.3, -0.25) is 10.1 Å². The first kappa shape index (κ1) is 23.9. The summed E-state index contributed by atoms with van der Waals surface area (Å²) < 4.78 is 22.3. The number of amides is 2. The van der Waals surface area contributed by atoms with Gasteiger partial charge < -0.3 is 24.3 Å². The van der Waals surface area contributed by atoms with Crippen molar-refractivity contribution in [1.82, 2.24) is 5.32 Å². The third-order valence-electron chi connectivity index (χ3n) is 5.89. The van der Waals surface area contributed by atoms with Crippen LogP contribution in [-0.2, 0) is 11.2 Å². The quantitative estimate of drug-likeness (QED) is 0.513. The molecule has 2 amide bonds. The van der Waals surface area contributed by atoms with Gasteiger partial charge in [0, 0.05) is 18.2 Å². The van der Waals surface area contributed by atoms with Crippen LogP contribution in [0.15, 0.2) is 54.6 Å². The predicted molar refractivity (Wildman–Crippen MR) is 133 cm³/mol. The van der Waals surface area contributed by atoms with Crippen LogP contribution in [0.4, 0.5) is 10.5 Å². The molecule has 1 aliphatic carbocycles. The molecule has 0 bridgehead atoms. The predicted octanol–water partition coefficient (Wildman–Crippen LogP) is 5.11. The van der Waals surface area contributed by atoms with E-state index < -0.39 is 6.09 Å². The molecule has 0 aromatic heterocycles. The van der Waals surface area contributed by atoms with Gasteiger partial charge in [-0.2, -0.15) is 0 Å². The van der Waals surface area contributed by atoms with Crippen LogP contribution in [0, 0.1) is 0 Å². The van der Waals surface area contributed by atoms with Crippen LogP contribution in [-0.4, -0.2) is 33.3 Å². The van der Waals surface area contributed by atoms with Gasteiger partial charge in [-0.05, 0) is 59.9 Å². The highest BCUT2D eigenvalue weighted by Gasteiger charge is 2.29. The van der Waals surface area contributed by atoms with E-state index in [0.717, 1.165) is 22.3 Å². The van der Waals surface area contributed by atoms with Gasteiger partial charge in [0.1, 0.15) is 5.75 Å². The number of nitrogens with one attached hydrogen (secondary N) is 2. The first-order chi connectivity index (χ1) is 16.9. The van der Waals surface area contributed by atoms with Crippen molar-refractivity contribution < 1.29 is 28.5 Å². The van der Waals surface area contributed by atoms with Crippen molar-refractivity contribution >= 4 is 17.7 Å². The highest BCUT2D eigenvalue weighted by Crippen LogP contribution is 2.50. The fourth-order valence-corrected chi connectivity index (χ4v) is 4.45. The zero-order chi connectivity index (χ0) is 24.9. The zero-order valence-corrected chi connectivity index (χ0v) is 20.1. The summed E-state index contributed by atoms with van der Waals surface area (Å²) in [5.41, 5.74) is 4.14. The second-order valence-corrected chi connectivity index (χ2v) is 8.10. The van der Waals surface area contributed by atoms with Crippen molar-refractivity contribution in [2.24, 2.45) is 0 Å². The number of carbonyl (C=O) groups is 2. The Morgan fingerprint density at radius 1 is 0.914 bits per heavy atom. The maximum Gasteiger partial charge on any atom is 0.417 e. The van der Waals surface area contributed by atoms with Crippen LogP contribution in [0.25, 0.3) is 11.1 Å². The SMILES string of the molecule is COc1cc2c(c(OC)c1OC)-c1ccc(NC(=O)Oc3ccccc3)cc1[C@@H](NC(C)=O)CC2. The average molecular weight is 477 g/mol. The molecular formula is C27H28N2O6. The summed E-state index contributed by atoms with van der Waals surface area (Å²) in [7, 11) is 4.74. The summed E-state index contributed by atoms with van der Waals surface area (Å²) >= 11 is 0. The van der Waals surface area contributed by atoms with Crippen LogP contribution in [0.1, 0.15) is 30.5 Å². The molecule has 8 heteroatoms. The van der Waals surface area contributed by atoms with E-state index in [1.807, 2.05) is 24.3 Å². The molecule has 0 radical (unpaired) electrons. The number of carbonyl (C=O) groups excluding carboxylic acids is 2. The molecule has 0 saturated heterocycles. The lowest BCUT2D eigenvalue weighted by Crippen LogP contribution is -2.26. The van der Waals surface area contributed by atoms with Gasteiger partial charge >= 0.3 is 6.09 Å². The fourth-order valence-electron chi connectivity index (χ4n) is 4.45. The minimum Gasteiger partial charge on any atom is -0.493 e. The fraction of sp³-hybridized carbons (Fsp3) is 0.259. The second kappa shape index (κ2) is 10.4. The second-order valence-electron chi connectivity index (χ2n) is 8.10. The highest BCUT2D eigenvalue weighted by atomic mass is 16.6. The summed E-state index contributed by atoms with van der Waals surface area (Å²) in [5.74, 6) is 1.91. The Morgan fingerprint density at radius 3 is 2.31 bits per heavy atom. The number of aryl methyl sites for hydroxylation is 1. The van der Waals surface area contributed by atoms with Crippen molar-refractivity contribution in [3.05, 3.63) is 65.7 Å². The van der Waals surface area contributed by atoms with Gasteiger partial charge in [0.2, 0.25) is 11.7 Å². The molecule has 0 heterocycles. The number of hydrogen-bond acceptors (Lipinski definition) is 6. The number of hydrogen-bond donors (Lipinski definition) is 2. The molecule has 35 heavy (non-hydrogen) atoms. The molecule has 0 fully saturated rings. The lowest BCUT2D eigenvalue weighted by Gasteiger charge is -2.21. The van der Waals surface area contributed by atoms with Crippen LogP contribution < -0.4 is 29.6 Å². The topological polar surface area (TPSA) is 95.1 Å². The molecule has 0 spiro atoms. The Balaban J connectivity index is 1.78. The number of rotatable bonds is 6. The van der Waals surface area contributed by atoms with Crippen LogP contribution in [0.3, 0.4) is 0 Å². The maximum atomic E-state index is 12.5. The summed E-state index contributed by atoms with van der Waals surface area (Å²) in [5, 5.41) is 5.82. The summed E-state index contributed by atoms with van der Waals surface area (Å²) in [6.07, 6.45) is 0.714. The Kier molecular flexibility index (Phi) is 7.10. The third-order valence-corrected chi connectivity index (χ3v) is 5.89. The first-order valence-electron chi connectivity index (χ1n) is 11.2. The minimum atomic E-state index is -0.606. The third kappa shape index (κ3) is 5.01. The van der Waals surface area contributed by atoms with Gasteiger partial charge in [-0.1, -0.05) is 24.3 Å². The van der Waals surface area contributed by atoms with Gasteiger partial charge in [-0.25, -0.2) is 4.79 Å². The van der Waals surface area contributed by atoms with E-state index in [4.69, 9.17) is 18.9 Å². The van der Waals surface area contributed by atoms with E-state index in [0.29, 0.717) is 41.5 Å². The van der Waals surface area contributed by atoms with Crippen molar-refractivity contribution in [3.63, 3.8) is 0 Å². The Morgan fingerprint density at radius 2 is 1.66 bits per heavy atom. The van der Waals surface area contributed by atoms with Crippen molar-refractivity contribution in [1.29, 1.82) is 0 Å². The van der Waals surface area contributed by atoms with E-state index in [-0.39, 0.29) is 11.9 Å². The molecule has 3 aromatic rings. The lowest BCUT2D eigenvalue weighted by molar-refractivity contribution is -0.119. The van der Waals surface area contributed by atoms with E-state index in [1.54, 1.807) is 51.7 Å². The summed E-state index contributed by atoms with van der Waals surface area (Å²) in [6.45, 7) is 1.49. The van der Waals surface area contributed by atoms with Gasteiger partial charge in [0.15, 0.2) is 11.5 Å². The first-order valence-corrected chi connectivity index (χ1v) is 11.2. The molecule has 3 aromatic carbocycles. The molecule has 0 unspecified atom stereocenters. The molecule has 182 valence electrons. The van der Waals surface area contributed by atoms with Gasteiger partial charge in [0.05, 0.1) is 27.4 Å². The van der Waals surface area contributed by atoms with E-state index in [9.17, 15) is 9.59 Å². The Bertz CT molecular complexity index is 1240. The van der Waals surface area contributed by atoms with Crippen LogP contribution in [0.2, 0.25) is 0 Å². The average Bonchev–Trinajstić information content (AvgIpc) is 2.99. The normalized spacial score (nSPS) is 14.0. The largest absolute Gasteiger partial charge is 0.493 e. The zero-order valence-electron chi connectivity index (χ0n) is 20.1. The van der Waals surface area contributed by atoms with E-state index in [1.165, 1.54) is 6.92 Å². The lowest BCUT2D eigenvalue weighted by atomic mass is 9.93. The molecule has 8 nitrogen and oxygen atoms in total. The van der Waals surface area contributed by atoms with E-state index >= 15 is 0 Å². The van der Waals surface area contributed by atoms with Crippen LogP contribution >= 0.6 is 0 Å². The van der Waals surface area contributed by atoms with Crippen molar-refractivity contribution in [2.75, 3.05) is 26.6 Å². The van der Waals surface area contributed by atoms with E-state index in [2.05, 4.69) is 10.6 Å². The molecule has 0 aliphatic heterocycles. The van der Waals surface area contributed by atoms with Crippen LogP contribution in [0.5, 0.6) is 23.0 Å². The Hall–Kier alpha value is -4.20. The number of anilines is 1. The molecule has 0 saturated carbocycles. The molecule has 1 atom stereocenters. The molecule has 1 aliphatic rings. The van der Waals surface area contributed by atoms with Gasteiger partial charge in [0.25, 0.3) is 0 Å².